The van der Waals surface area contributed by atoms with Crippen LogP contribution in [-0.2, 0) is 11.3 Å². The van der Waals surface area contributed by atoms with E-state index in [0.29, 0.717) is 21.4 Å². The first-order valence-electron chi connectivity index (χ1n) is 6.88. The number of esters is 1. The Hall–Kier alpha value is -2.17. The number of hydrogen-bond donors (Lipinski definition) is 0. The number of carbonyl (C=O) groups is 1. The summed E-state index contributed by atoms with van der Waals surface area (Å²) in [6, 6.07) is 10.8. The highest BCUT2D eigenvalue weighted by atomic mass is 35.5. The zero-order chi connectivity index (χ0) is 16.4. The lowest BCUT2D eigenvalue weighted by molar-refractivity contribution is 0.0467. The van der Waals surface area contributed by atoms with Crippen molar-refractivity contribution < 1.29 is 9.53 Å². The van der Waals surface area contributed by atoms with Crippen molar-refractivity contribution in [2.45, 2.75) is 13.5 Å². The van der Waals surface area contributed by atoms with Gasteiger partial charge in [-0.05, 0) is 30.7 Å². The summed E-state index contributed by atoms with van der Waals surface area (Å²) in [7, 11) is 0. The number of carbonyl (C=O) groups excluding carboxylic acids is 1. The number of hydrogen-bond acceptors (Lipinski definition) is 4. The summed E-state index contributed by atoms with van der Waals surface area (Å²) in [4.78, 5) is 20.3. The Morgan fingerprint density at radius 1 is 1.17 bits per heavy atom. The predicted octanol–water partition coefficient (Wildman–Crippen LogP) is 4.60. The molecule has 6 heteroatoms. The first-order chi connectivity index (χ1) is 11.1. The maximum Gasteiger partial charge on any atom is 0.340 e. The van der Waals surface area contributed by atoms with Crippen LogP contribution in [0.5, 0.6) is 0 Å². The summed E-state index contributed by atoms with van der Waals surface area (Å²) in [5, 5.41) is 1.80. The van der Waals surface area contributed by atoms with E-state index in [1.165, 1.54) is 12.3 Å². The van der Waals surface area contributed by atoms with Crippen molar-refractivity contribution in [2.24, 2.45) is 0 Å². The highest BCUT2D eigenvalue weighted by molar-refractivity contribution is 6.32. The third-order valence-corrected chi connectivity index (χ3v) is 4.17. The second-order valence-electron chi connectivity index (χ2n) is 4.96. The number of ether oxygens (including phenoxy) is 1. The molecule has 0 fully saturated rings. The molecule has 0 saturated carbocycles. The molecule has 0 bridgehead atoms. The van der Waals surface area contributed by atoms with Gasteiger partial charge in [-0.1, -0.05) is 41.4 Å². The maximum atomic E-state index is 12.0. The third-order valence-electron chi connectivity index (χ3n) is 3.45. The van der Waals surface area contributed by atoms with Crippen LogP contribution in [0.15, 0.2) is 42.6 Å². The average Bonchev–Trinajstić information content (AvgIpc) is 2.57. The second-order valence-corrected chi connectivity index (χ2v) is 5.73. The van der Waals surface area contributed by atoms with Gasteiger partial charge >= 0.3 is 5.97 Å². The summed E-state index contributed by atoms with van der Waals surface area (Å²) >= 11 is 12.0. The minimum absolute atomic E-state index is 0.00797. The highest BCUT2D eigenvalue weighted by Gasteiger charge is 2.13. The zero-order valence-corrected chi connectivity index (χ0v) is 13.7. The minimum atomic E-state index is -0.502. The van der Waals surface area contributed by atoms with Crippen LogP contribution in [-0.4, -0.2) is 15.9 Å². The molecule has 0 unspecified atom stereocenters. The molecule has 3 rings (SSSR count). The van der Waals surface area contributed by atoms with Gasteiger partial charge in [-0.25, -0.2) is 14.8 Å². The van der Waals surface area contributed by atoms with Crippen LogP contribution >= 0.6 is 23.2 Å². The summed E-state index contributed by atoms with van der Waals surface area (Å²) in [6.45, 7) is 1.91. The largest absolute Gasteiger partial charge is 0.455 e. The van der Waals surface area contributed by atoms with Gasteiger partial charge in [0.2, 0.25) is 0 Å². The number of rotatable bonds is 3. The van der Waals surface area contributed by atoms with Crippen molar-refractivity contribution in [1.29, 1.82) is 0 Å². The molecule has 0 saturated heterocycles. The Balaban J connectivity index is 1.83. The summed E-state index contributed by atoms with van der Waals surface area (Å²) in [6.07, 6.45) is 1.37. The van der Waals surface area contributed by atoms with Gasteiger partial charge in [-0.15, -0.1) is 0 Å². The normalized spacial score (nSPS) is 10.7. The number of aryl methyl sites for hydroxylation is 1. The Bertz CT molecular complexity index is 880. The van der Waals surface area contributed by atoms with E-state index in [1.54, 1.807) is 6.07 Å². The van der Waals surface area contributed by atoms with Crippen molar-refractivity contribution in [3.63, 3.8) is 0 Å². The molecule has 2 heterocycles. The van der Waals surface area contributed by atoms with Gasteiger partial charge in [0.15, 0.2) is 0 Å². The van der Waals surface area contributed by atoms with Crippen molar-refractivity contribution >= 4 is 40.1 Å². The van der Waals surface area contributed by atoms with Crippen LogP contribution < -0.4 is 0 Å². The second kappa shape index (κ2) is 6.52. The Kier molecular flexibility index (Phi) is 4.46. The molecule has 3 aromatic rings. The topological polar surface area (TPSA) is 52.1 Å². The fourth-order valence-electron chi connectivity index (χ4n) is 2.23. The quantitative estimate of drug-likeness (QED) is 0.513. The monoisotopic (exact) mass is 346 g/mol. The number of nitrogens with zero attached hydrogens (tertiary/aromatic N) is 2. The highest BCUT2D eigenvalue weighted by Crippen LogP contribution is 2.27. The first-order valence-corrected chi connectivity index (χ1v) is 7.64. The fourth-order valence-corrected chi connectivity index (χ4v) is 2.54. The third kappa shape index (κ3) is 3.28. The van der Waals surface area contributed by atoms with Gasteiger partial charge in [-0.3, -0.25) is 0 Å². The molecule has 0 spiro atoms. The van der Waals surface area contributed by atoms with Gasteiger partial charge in [0.25, 0.3) is 0 Å². The van der Waals surface area contributed by atoms with Crippen LogP contribution in [0, 0.1) is 6.92 Å². The molecule has 0 amide bonds. The molecule has 0 radical (unpaired) electrons. The van der Waals surface area contributed by atoms with E-state index in [4.69, 9.17) is 27.9 Å². The van der Waals surface area contributed by atoms with E-state index in [2.05, 4.69) is 9.97 Å². The van der Waals surface area contributed by atoms with Gasteiger partial charge in [0.05, 0.1) is 21.8 Å². The van der Waals surface area contributed by atoms with E-state index in [0.717, 1.165) is 16.5 Å². The summed E-state index contributed by atoms with van der Waals surface area (Å²) < 4.78 is 5.27. The van der Waals surface area contributed by atoms with Crippen molar-refractivity contribution in [1.82, 2.24) is 9.97 Å². The molecule has 2 aromatic heterocycles. The Labute approximate surface area is 143 Å². The Morgan fingerprint density at radius 2 is 1.96 bits per heavy atom. The molecule has 0 aliphatic rings. The standard InChI is InChI=1S/C17H12Cl2N2O2/c1-10-12-4-2-3-5-13(12)21-14(16(10)19)9-23-17(22)11-6-7-15(18)20-8-11/h2-8H,9H2,1H3. The van der Waals surface area contributed by atoms with Crippen molar-refractivity contribution in [3.05, 3.63) is 69.6 Å². The molecule has 116 valence electrons. The van der Waals surface area contributed by atoms with Crippen LogP contribution in [0.2, 0.25) is 10.2 Å². The number of pyridine rings is 2. The van der Waals surface area contributed by atoms with E-state index >= 15 is 0 Å². The van der Waals surface area contributed by atoms with E-state index in [-0.39, 0.29) is 6.61 Å². The van der Waals surface area contributed by atoms with Crippen LogP contribution in [0.25, 0.3) is 10.9 Å². The molecule has 1 aromatic carbocycles. The van der Waals surface area contributed by atoms with E-state index in [9.17, 15) is 4.79 Å². The number of para-hydroxylation sites is 1. The van der Waals surface area contributed by atoms with Gasteiger partial charge < -0.3 is 4.74 Å². The molecular weight excluding hydrogens is 335 g/mol. The zero-order valence-electron chi connectivity index (χ0n) is 12.2. The summed E-state index contributed by atoms with van der Waals surface area (Å²) in [5.74, 6) is -0.502. The van der Waals surface area contributed by atoms with Crippen LogP contribution in [0.1, 0.15) is 21.6 Å². The molecule has 23 heavy (non-hydrogen) atoms. The van der Waals surface area contributed by atoms with Gasteiger partial charge in [0.1, 0.15) is 11.8 Å². The molecule has 0 atom stereocenters. The summed E-state index contributed by atoms with van der Waals surface area (Å²) in [5.41, 5.74) is 2.58. The molecule has 0 N–H and O–H groups in total. The lowest BCUT2D eigenvalue weighted by Gasteiger charge is -2.10. The molecule has 4 nitrogen and oxygen atoms in total. The van der Waals surface area contributed by atoms with E-state index < -0.39 is 5.97 Å². The van der Waals surface area contributed by atoms with E-state index in [1.807, 2.05) is 31.2 Å². The number of aromatic nitrogens is 2. The van der Waals surface area contributed by atoms with Crippen LogP contribution in [0.3, 0.4) is 0 Å². The van der Waals surface area contributed by atoms with Crippen LogP contribution in [0.4, 0.5) is 0 Å². The Morgan fingerprint density at radius 3 is 2.70 bits per heavy atom. The number of halogens is 2. The minimum Gasteiger partial charge on any atom is -0.455 e. The predicted molar refractivity (Wildman–Crippen MR) is 89.9 cm³/mol. The number of benzene rings is 1. The lowest BCUT2D eigenvalue weighted by Crippen LogP contribution is -2.07. The SMILES string of the molecule is Cc1c(Cl)c(COC(=O)c2ccc(Cl)nc2)nc2ccccc12. The first kappa shape index (κ1) is 15.7. The number of fused-ring (bicyclic) bond motifs is 1. The maximum absolute atomic E-state index is 12.0. The lowest BCUT2D eigenvalue weighted by atomic mass is 10.1. The molecule has 0 aliphatic carbocycles. The van der Waals surface area contributed by atoms with Crippen molar-refractivity contribution in [2.75, 3.05) is 0 Å². The van der Waals surface area contributed by atoms with Gasteiger partial charge in [0, 0.05) is 11.6 Å². The molecule has 0 aliphatic heterocycles. The van der Waals surface area contributed by atoms with Crippen molar-refractivity contribution in [3.8, 4) is 0 Å². The smallest absolute Gasteiger partial charge is 0.340 e. The van der Waals surface area contributed by atoms with Gasteiger partial charge in [-0.2, -0.15) is 0 Å². The average molecular weight is 347 g/mol. The molecular formula is C17H12Cl2N2O2. The fraction of sp³-hybridized carbons (Fsp3) is 0.118.